The smallest absolute Gasteiger partial charge is 0.0954 e. The first-order valence-corrected chi connectivity index (χ1v) is 5.86. The molecule has 0 fully saturated rings. The normalized spacial score (nSPS) is 15.0. The fourth-order valence-corrected chi connectivity index (χ4v) is 1.38. The van der Waals surface area contributed by atoms with E-state index in [-0.39, 0.29) is 0 Å². The fraction of sp³-hybridized carbons (Fsp3) is 0.917. The van der Waals surface area contributed by atoms with Gasteiger partial charge in [0.05, 0.1) is 11.8 Å². The molecule has 0 saturated carbocycles. The molecule has 0 bridgehead atoms. The lowest BCUT2D eigenvalue weighted by atomic mass is 9.97. The van der Waals surface area contributed by atoms with Gasteiger partial charge in [0.25, 0.3) is 0 Å². The molecule has 0 aliphatic heterocycles. The minimum atomic E-state index is -0.573. The molecule has 0 aliphatic carbocycles. The lowest BCUT2D eigenvalue weighted by molar-refractivity contribution is 0.208. The molecule has 1 atom stereocenters. The molecule has 0 saturated heterocycles. The zero-order chi connectivity index (χ0) is 11.8. The van der Waals surface area contributed by atoms with Gasteiger partial charge in [-0.2, -0.15) is 0 Å². The Morgan fingerprint density at radius 3 is 1.93 bits per heavy atom. The van der Waals surface area contributed by atoms with Gasteiger partial charge in [0.1, 0.15) is 0 Å². The number of oxime groups is 1. The van der Waals surface area contributed by atoms with E-state index in [2.05, 4.69) is 32.9 Å². The zero-order valence-electron chi connectivity index (χ0n) is 10.4. The number of aliphatic hydroxyl groups is 1. The van der Waals surface area contributed by atoms with Crippen LogP contribution < -0.4 is 0 Å². The van der Waals surface area contributed by atoms with E-state index in [0.717, 1.165) is 12.8 Å². The highest BCUT2D eigenvalue weighted by Gasteiger charge is 2.14. The maximum atomic E-state index is 9.78. The first-order chi connectivity index (χ1) is 6.97. The van der Waals surface area contributed by atoms with Crippen molar-refractivity contribution in [2.24, 2.45) is 17.0 Å². The third kappa shape index (κ3) is 7.37. The third-order valence-electron chi connectivity index (χ3n) is 2.51. The van der Waals surface area contributed by atoms with E-state index >= 15 is 0 Å². The van der Waals surface area contributed by atoms with Gasteiger partial charge in [-0.15, -0.1) is 0 Å². The van der Waals surface area contributed by atoms with Gasteiger partial charge in [-0.3, -0.25) is 0 Å². The van der Waals surface area contributed by atoms with E-state index in [4.69, 9.17) is 5.21 Å². The molecule has 0 aromatic carbocycles. The number of rotatable bonds is 7. The SMILES string of the molecule is CC(C)CCC(=NO)C(O)CCC(C)C. The standard InChI is InChI=1S/C12H25NO2/c1-9(2)5-7-11(13-15)12(14)8-6-10(3)4/h9-10,12,14-15H,5-8H2,1-4H3. The van der Waals surface area contributed by atoms with Crippen molar-refractivity contribution in [2.45, 2.75) is 59.5 Å². The first-order valence-electron chi connectivity index (χ1n) is 5.86. The van der Waals surface area contributed by atoms with Crippen LogP contribution in [0.3, 0.4) is 0 Å². The Morgan fingerprint density at radius 1 is 1.00 bits per heavy atom. The molecule has 0 heterocycles. The number of nitrogens with zero attached hydrogens (tertiary/aromatic N) is 1. The van der Waals surface area contributed by atoms with Crippen molar-refractivity contribution in [3.63, 3.8) is 0 Å². The highest BCUT2D eigenvalue weighted by atomic mass is 16.4. The van der Waals surface area contributed by atoms with Crippen molar-refractivity contribution in [1.82, 2.24) is 0 Å². The van der Waals surface area contributed by atoms with Crippen LogP contribution >= 0.6 is 0 Å². The molecule has 1 unspecified atom stereocenters. The zero-order valence-corrected chi connectivity index (χ0v) is 10.4. The van der Waals surface area contributed by atoms with Gasteiger partial charge in [0.2, 0.25) is 0 Å². The molecule has 0 aromatic rings. The minimum absolute atomic E-state index is 0.532. The highest BCUT2D eigenvalue weighted by molar-refractivity contribution is 5.87. The van der Waals surface area contributed by atoms with Crippen molar-refractivity contribution < 1.29 is 10.3 Å². The summed E-state index contributed by atoms with van der Waals surface area (Å²) in [5, 5.41) is 21.8. The van der Waals surface area contributed by atoms with Crippen molar-refractivity contribution in [3.8, 4) is 0 Å². The molecule has 90 valence electrons. The molecule has 0 radical (unpaired) electrons. The van der Waals surface area contributed by atoms with Crippen LogP contribution in [0.4, 0.5) is 0 Å². The predicted octanol–water partition coefficient (Wildman–Crippen LogP) is 3.05. The molecule has 15 heavy (non-hydrogen) atoms. The summed E-state index contributed by atoms with van der Waals surface area (Å²) in [7, 11) is 0. The average Bonchev–Trinajstić information content (AvgIpc) is 2.15. The topological polar surface area (TPSA) is 52.8 Å². The van der Waals surface area contributed by atoms with E-state index in [1.165, 1.54) is 0 Å². The van der Waals surface area contributed by atoms with Crippen LogP contribution in [-0.2, 0) is 0 Å². The Balaban J connectivity index is 3.95. The highest BCUT2D eigenvalue weighted by Crippen LogP contribution is 2.12. The number of aliphatic hydroxyl groups excluding tert-OH is 1. The molecular formula is C12H25NO2. The summed E-state index contributed by atoms with van der Waals surface area (Å²) in [6.07, 6.45) is 2.72. The maximum absolute atomic E-state index is 9.78. The Bertz CT molecular complexity index is 188. The van der Waals surface area contributed by atoms with E-state index in [0.29, 0.717) is 30.4 Å². The van der Waals surface area contributed by atoms with Gasteiger partial charge < -0.3 is 10.3 Å². The van der Waals surface area contributed by atoms with Crippen LogP contribution in [0.25, 0.3) is 0 Å². The summed E-state index contributed by atoms with van der Waals surface area (Å²) in [5.74, 6) is 1.14. The van der Waals surface area contributed by atoms with Crippen LogP contribution in [0, 0.1) is 11.8 Å². The fourth-order valence-electron chi connectivity index (χ4n) is 1.38. The summed E-state index contributed by atoms with van der Waals surface area (Å²) < 4.78 is 0. The Hall–Kier alpha value is -0.570. The van der Waals surface area contributed by atoms with Crippen LogP contribution in [0.1, 0.15) is 53.4 Å². The van der Waals surface area contributed by atoms with Gasteiger partial charge in [-0.05, 0) is 37.5 Å². The molecule has 0 amide bonds. The lowest BCUT2D eigenvalue weighted by Gasteiger charge is -2.14. The summed E-state index contributed by atoms with van der Waals surface area (Å²) in [5.41, 5.74) is 0.532. The van der Waals surface area contributed by atoms with Crippen LogP contribution in [-0.4, -0.2) is 22.1 Å². The third-order valence-corrected chi connectivity index (χ3v) is 2.51. The Labute approximate surface area is 93.2 Å². The van der Waals surface area contributed by atoms with Gasteiger partial charge in [-0.1, -0.05) is 32.9 Å². The second kappa shape index (κ2) is 7.69. The number of hydrogen-bond acceptors (Lipinski definition) is 3. The van der Waals surface area contributed by atoms with E-state index in [1.54, 1.807) is 0 Å². The summed E-state index contributed by atoms with van der Waals surface area (Å²) in [6, 6.07) is 0. The van der Waals surface area contributed by atoms with Gasteiger partial charge in [0, 0.05) is 0 Å². The molecule has 0 aromatic heterocycles. The Kier molecular flexibility index (Phi) is 7.39. The second-order valence-corrected chi connectivity index (χ2v) is 5.01. The summed E-state index contributed by atoms with van der Waals surface area (Å²) >= 11 is 0. The lowest BCUT2D eigenvalue weighted by Crippen LogP contribution is -2.21. The monoisotopic (exact) mass is 215 g/mol. The first kappa shape index (κ1) is 14.4. The van der Waals surface area contributed by atoms with Crippen LogP contribution in [0.5, 0.6) is 0 Å². The molecule has 3 heteroatoms. The predicted molar refractivity (Wildman–Crippen MR) is 63.4 cm³/mol. The van der Waals surface area contributed by atoms with Gasteiger partial charge >= 0.3 is 0 Å². The van der Waals surface area contributed by atoms with E-state index in [1.807, 2.05) is 0 Å². The second-order valence-electron chi connectivity index (χ2n) is 5.01. The maximum Gasteiger partial charge on any atom is 0.0954 e. The Morgan fingerprint density at radius 2 is 1.53 bits per heavy atom. The van der Waals surface area contributed by atoms with E-state index in [9.17, 15) is 5.11 Å². The molecule has 0 aliphatic rings. The van der Waals surface area contributed by atoms with Crippen LogP contribution in [0.2, 0.25) is 0 Å². The molecule has 2 N–H and O–H groups in total. The molecule has 0 spiro atoms. The molecule has 3 nitrogen and oxygen atoms in total. The summed E-state index contributed by atoms with van der Waals surface area (Å²) in [6.45, 7) is 8.48. The van der Waals surface area contributed by atoms with Crippen molar-refractivity contribution in [3.05, 3.63) is 0 Å². The molecule has 0 rings (SSSR count). The van der Waals surface area contributed by atoms with Gasteiger partial charge in [-0.25, -0.2) is 0 Å². The van der Waals surface area contributed by atoms with Crippen molar-refractivity contribution >= 4 is 5.71 Å². The van der Waals surface area contributed by atoms with E-state index < -0.39 is 6.10 Å². The van der Waals surface area contributed by atoms with Gasteiger partial charge in [0.15, 0.2) is 0 Å². The van der Waals surface area contributed by atoms with Crippen molar-refractivity contribution in [2.75, 3.05) is 0 Å². The van der Waals surface area contributed by atoms with Crippen LogP contribution in [0.15, 0.2) is 5.16 Å². The molecular weight excluding hydrogens is 190 g/mol. The van der Waals surface area contributed by atoms with Crippen molar-refractivity contribution in [1.29, 1.82) is 0 Å². The average molecular weight is 215 g/mol. The summed E-state index contributed by atoms with van der Waals surface area (Å²) in [4.78, 5) is 0. The minimum Gasteiger partial charge on any atom is -0.411 e. The largest absolute Gasteiger partial charge is 0.411 e. The quantitative estimate of drug-likeness (QED) is 0.389. The number of hydrogen-bond donors (Lipinski definition) is 2.